The van der Waals surface area contributed by atoms with Crippen LogP contribution in [0.2, 0.25) is 0 Å². The van der Waals surface area contributed by atoms with E-state index in [1.807, 2.05) is 44.2 Å². The van der Waals surface area contributed by atoms with E-state index in [0.717, 1.165) is 22.7 Å². The summed E-state index contributed by atoms with van der Waals surface area (Å²) >= 11 is 0. The number of sulfonamides is 1. The van der Waals surface area contributed by atoms with Crippen LogP contribution < -0.4 is 14.8 Å². The summed E-state index contributed by atoms with van der Waals surface area (Å²) in [7, 11) is -3.66. The number of benzene rings is 2. The van der Waals surface area contributed by atoms with E-state index in [4.69, 9.17) is 4.74 Å². The van der Waals surface area contributed by atoms with Gasteiger partial charge in [-0.2, -0.15) is 0 Å². The molecule has 2 aromatic carbocycles. The molecule has 0 bridgehead atoms. The lowest BCUT2D eigenvalue weighted by Crippen LogP contribution is -2.14. The van der Waals surface area contributed by atoms with E-state index < -0.39 is 10.0 Å². The molecule has 3 aromatic rings. The number of nitrogens with one attached hydrogen (secondary N) is 2. The van der Waals surface area contributed by atoms with Gasteiger partial charge in [-0.3, -0.25) is 4.72 Å². The van der Waals surface area contributed by atoms with Crippen molar-refractivity contribution in [1.29, 1.82) is 0 Å². The van der Waals surface area contributed by atoms with Gasteiger partial charge in [-0.05, 0) is 67.9 Å². The molecule has 0 fully saturated rings. The van der Waals surface area contributed by atoms with Gasteiger partial charge in [0.05, 0.1) is 23.4 Å². The molecule has 0 saturated carbocycles. The summed E-state index contributed by atoms with van der Waals surface area (Å²) in [6, 6.07) is 17.7. The monoisotopic (exact) mass is 383 g/mol. The van der Waals surface area contributed by atoms with Crippen molar-refractivity contribution in [2.24, 2.45) is 0 Å². The second-order valence-corrected chi connectivity index (χ2v) is 7.62. The quantitative estimate of drug-likeness (QED) is 0.635. The van der Waals surface area contributed by atoms with E-state index in [9.17, 15) is 8.42 Å². The molecule has 3 rings (SSSR count). The van der Waals surface area contributed by atoms with Gasteiger partial charge in [-0.25, -0.2) is 13.4 Å². The van der Waals surface area contributed by atoms with Crippen LogP contribution in [0.4, 0.5) is 17.2 Å². The number of rotatable bonds is 7. The smallest absolute Gasteiger partial charge is 0.263 e. The van der Waals surface area contributed by atoms with Gasteiger partial charge in [0.1, 0.15) is 11.6 Å². The fraction of sp³-hybridized carbons (Fsp3) is 0.150. The Hall–Kier alpha value is -3.06. The van der Waals surface area contributed by atoms with Crippen LogP contribution in [0.25, 0.3) is 0 Å². The second kappa shape index (κ2) is 8.09. The number of anilines is 3. The van der Waals surface area contributed by atoms with Gasteiger partial charge in [0.25, 0.3) is 10.0 Å². The van der Waals surface area contributed by atoms with Crippen molar-refractivity contribution in [1.82, 2.24) is 4.98 Å². The highest BCUT2D eigenvalue weighted by atomic mass is 32.2. The van der Waals surface area contributed by atoms with Gasteiger partial charge >= 0.3 is 0 Å². The van der Waals surface area contributed by atoms with Crippen molar-refractivity contribution in [3.05, 3.63) is 72.4 Å². The van der Waals surface area contributed by atoms with Gasteiger partial charge in [0.15, 0.2) is 0 Å². The molecular weight excluding hydrogens is 362 g/mol. The molecule has 0 unspecified atom stereocenters. The minimum absolute atomic E-state index is 0.209. The Balaban J connectivity index is 1.68. The molecule has 0 aliphatic heterocycles. The zero-order valence-corrected chi connectivity index (χ0v) is 16.0. The summed E-state index contributed by atoms with van der Waals surface area (Å²) in [6.07, 6.45) is 1.57. The first-order valence-corrected chi connectivity index (χ1v) is 10.00. The molecule has 0 radical (unpaired) electrons. The molecule has 0 amide bonds. The largest absolute Gasteiger partial charge is 0.494 e. The Labute approximate surface area is 159 Å². The zero-order valence-electron chi connectivity index (χ0n) is 15.1. The number of nitrogens with zero attached hydrogens (tertiary/aromatic N) is 1. The van der Waals surface area contributed by atoms with Crippen LogP contribution in [0.15, 0.2) is 71.8 Å². The number of hydrogen-bond acceptors (Lipinski definition) is 5. The van der Waals surface area contributed by atoms with Crippen LogP contribution in [-0.2, 0) is 10.0 Å². The third-order valence-corrected chi connectivity index (χ3v) is 5.11. The fourth-order valence-corrected chi connectivity index (χ4v) is 3.59. The predicted molar refractivity (Wildman–Crippen MR) is 107 cm³/mol. The highest BCUT2D eigenvalue weighted by Gasteiger charge is 2.14. The van der Waals surface area contributed by atoms with E-state index in [1.54, 1.807) is 36.5 Å². The molecule has 0 aliphatic rings. The predicted octanol–water partition coefficient (Wildman–Crippen LogP) is 4.33. The van der Waals surface area contributed by atoms with Crippen molar-refractivity contribution in [3.8, 4) is 5.75 Å². The summed E-state index contributed by atoms with van der Waals surface area (Å²) in [5.74, 6) is 1.07. The second-order valence-electron chi connectivity index (χ2n) is 5.94. The van der Waals surface area contributed by atoms with E-state index in [1.165, 1.54) is 0 Å². The van der Waals surface area contributed by atoms with Gasteiger partial charge < -0.3 is 10.1 Å². The molecule has 0 aliphatic carbocycles. The molecule has 0 spiro atoms. The molecule has 1 heterocycles. The Morgan fingerprint density at radius 3 is 2.37 bits per heavy atom. The Morgan fingerprint density at radius 2 is 1.74 bits per heavy atom. The Kier molecular flexibility index (Phi) is 5.61. The maximum atomic E-state index is 12.4. The third kappa shape index (κ3) is 4.98. The van der Waals surface area contributed by atoms with Crippen molar-refractivity contribution in [2.45, 2.75) is 18.7 Å². The highest BCUT2D eigenvalue weighted by Crippen LogP contribution is 2.21. The number of aromatic nitrogens is 1. The lowest BCUT2D eigenvalue weighted by atomic mass is 10.2. The van der Waals surface area contributed by atoms with Gasteiger partial charge in [-0.15, -0.1) is 0 Å². The van der Waals surface area contributed by atoms with Crippen LogP contribution >= 0.6 is 0 Å². The summed E-state index contributed by atoms with van der Waals surface area (Å²) in [5.41, 5.74) is 2.51. The SMILES string of the molecule is CCOc1ccc(Nc2ccc(NS(=O)(=O)c3cccc(C)c3)nc2)cc1. The maximum Gasteiger partial charge on any atom is 0.263 e. The van der Waals surface area contributed by atoms with Crippen molar-refractivity contribution in [3.63, 3.8) is 0 Å². The Bertz CT molecular complexity index is 1000. The molecule has 140 valence electrons. The van der Waals surface area contributed by atoms with Crippen molar-refractivity contribution >= 4 is 27.2 Å². The van der Waals surface area contributed by atoms with E-state index >= 15 is 0 Å². The fourth-order valence-electron chi connectivity index (χ4n) is 2.48. The van der Waals surface area contributed by atoms with Gasteiger partial charge in [0, 0.05) is 5.69 Å². The van der Waals surface area contributed by atoms with Crippen LogP contribution in [0.1, 0.15) is 12.5 Å². The Morgan fingerprint density at radius 1 is 1.00 bits per heavy atom. The van der Waals surface area contributed by atoms with Gasteiger partial charge in [-0.1, -0.05) is 12.1 Å². The molecule has 0 atom stereocenters. The lowest BCUT2D eigenvalue weighted by molar-refractivity contribution is 0.340. The van der Waals surface area contributed by atoms with Gasteiger partial charge in [0.2, 0.25) is 0 Å². The normalized spacial score (nSPS) is 11.0. The highest BCUT2D eigenvalue weighted by molar-refractivity contribution is 7.92. The van der Waals surface area contributed by atoms with Crippen LogP contribution in [0.3, 0.4) is 0 Å². The molecular formula is C20H21N3O3S. The van der Waals surface area contributed by atoms with E-state index in [0.29, 0.717) is 6.61 Å². The number of aryl methyl sites for hydroxylation is 1. The number of hydrogen-bond donors (Lipinski definition) is 2. The standard InChI is InChI=1S/C20H21N3O3S/c1-3-26-18-10-7-16(8-11-18)22-17-9-12-20(21-14-17)23-27(24,25)19-6-4-5-15(2)13-19/h4-14,22H,3H2,1-2H3,(H,21,23). The third-order valence-electron chi connectivity index (χ3n) is 3.76. The van der Waals surface area contributed by atoms with Crippen molar-refractivity contribution < 1.29 is 13.2 Å². The van der Waals surface area contributed by atoms with E-state index in [-0.39, 0.29) is 10.7 Å². The maximum absolute atomic E-state index is 12.4. The average molecular weight is 383 g/mol. The van der Waals surface area contributed by atoms with E-state index in [2.05, 4.69) is 15.0 Å². The number of ether oxygens (including phenoxy) is 1. The summed E-state index contributed by atoms with van der Waals surface area (Å²) in [6.45, 7) is 4.40. The average Bonchev–Trinajstić information content (AvgIpc) is 2.65. The summed E-state index contributed by atoms with van der Waals surface area (Å²) in [4.78, 5) is 4.39. The first-order valence-electron chi connectivity index (χ1n) is 8.52. The first kappa shape index (κ1) is 18.7. The minimum Gasteiger partial charge on any atom is -0.494 e. The summed E-state index contributed by atoms with van der Waals surface area (Å²) in [5, 5.41) is 3.21. The zero-order chi connectivity index (χ0) is 19.3. The molecule has 27 heavy (non-hydrogen) atoms. The molecule has 1 aromatic heterocycles. The first-order chi connectivity index (χ1) is 13.0. The van der Waals surface area contributed by atoms with Crippen LogP contribution in [0.5, 0.6) is 5.75 Å². The number of pyridine rings is 1. The molecule has 0 saturated heterocycles. The minimum atomic E-state index is -3.66. The molecule has 6 nitrogen and oxygen atoms in total. The van der Waals surface area contributed by atoms with Crippen LogP contribution in [0, 0.1) is 6.92 Å². The van der Waals surface area contributed by atoms with Crippen LogP contribution in [-0.4, -0.2) is 20.0 Å². The summed E-state index contributed by atoms with van der Waals surface area (Å²) < 4.78 is 32.8. The topological polar surface area (TPSA) is 80.3 Å². The molecule has 2 N–H and O–H groups in total. The molecule has 7 heteroatoms. The van der Waals surface area contributed by atoms with Crippen molar-refractivity contribution in [2.75, 3.05) is 16.6 Å². The lowest BCUT2D eigenvalue weighted by Gasteiger charge is -2.10.